The molecule has 0 saturated carbocycles. The molecule has 0 fully saturated rings. The van der Waals surface area contributed by atoms with Crippen molar-refractivity contribution in [3.63, 3.8) is 0 Å². The van der Waals surface area contributed by atoms with Gasteiger partial charge in [0, 0.05) is 0 Å². The molecule has 0 amide bonds. The SMILES string of the molecule is Cc1c(/C=C/c2ccccc2C(F)(F)F)n[nH]c(=O)c1C#N. The Labute approximate surface area is 123 Å². The van der Waals surface area contributed by atoms with E-state index in [1.165, 1.54) is 37.3 Å². The number of H-pyrrole nitrogens is 1. The van der Waals surface area contributed by atoms with Gasteiger partial charge >= 0.3 is 6.18 Å². The fourth-order valence-electron chi connectivity index (χ4n) is 1.92. The summed E-state index contributed by atoms with van der Waals surface area (Å²) in [7, 11) is 0. The van der Waals surface area contributed by atoms with Gasteiger partial charge in [0.05, 0.1) is 11.3 Å². The van der Waals surface area contributed by atoms with Crippen molar-refractivity contribution < 1.29 is 13.2 Å². The van der Waals surface area contributed by atoms with E-state index >= 15 is 0 Å². The lowest BCUT2D eigenvalue weighted by molar-refractivity contribution is -0.137. The summed E-state index contributed by atoms with van der Waals surface area (Å²) in [6.07, 6.45) is -1.89. The lowest BCUT2D eigenvalue weighted by Gasteiger charge is -2.09. The minimum atomic E-state index is -4.47. The average molecular weight is 305 g/mol. The Bertz CT molecular complexity index is 829. The van der Waals surface area contributed by atoms with Gasteiger partial charge < -0.3 is 0 Å². The molecule has 0 radical (unpaired) electrons. The number of aromatic amines is 1. The summed E-state index contributed by atoms with van der Waals surface area (Å²) in [5.74, 6) is 0. The summed E-state index contributed by atoms with van der Waals surface area (Å²) < 4.78 is 38.7. The summed E-state index contributed by atoms with van der Waals surface area (Å²) >= 11 is 0. The standard InChI is InChI=1S/C15H10F3N3O/c1-9-11(8-19)14(22)21-20-13(9)7-6-10-4-2-3-5-12(10)15(16,17)18/h2-7H,1H3,(H,21,22)/b7-6+. The normalized spacial score (nSPS) is 11.6. The molecule has 2 rings (SSSR count). The van der Waals surface area contributed by atoms with Crippen molar-refractivity contribution in [2.75, 3.05) is 0 Å². The third kappa shape index (κ3) is 3.06. The molecule has 4 nitrogen and oxygen atoms in total. The first-order chi connectivity index (χ1) is 10.3. The van der Waals surface area contributed by atoms with Gasteiger partial charge in [-0.1, -0.05) is 24.3 Å². The molecule has 112 valence electrons. The highest BCUT2D eigenvalue weighted by molar-refractivity contribution is 5.71. The number of benzene rings is 1. The van der Waals surface area contributed by atoms with Gasteiger partial charge in [-0.2, -0.15) is 23.5 Å². The number of nitriles is 1. The topological polar surface area (TPSA) is 69.5 Å². The molecule has 0 spiro atoms. The molecule has 0 bridgehead atoms. The highest BCUT2D eigenvalue weighted by Gasteiger charge is 2.32. The number of hydrogen-bond acceptors (Lipinski definition) is 3. The predicted molar refractivity (Wildman–Crippen MR) is 74.7 cm³/mol. The number of nitrogens with zero attached hydrogens (tertiary/aromatic N) is 2. The highest BCUT2D eigenvalue weighted by Crippen LogP contribution is 2.32. The number of halogens is 3. The van der Waals surface area contributed by atoms with E-state index in [4.69, 9.17) is 5.26 Å². The zero-order valence-corrected chi connectivity index (χ0v) is 11.4. The smallest absolute Gasteiger partial charge is 0.267 e. The number of aromatic nitrogens is 2. The summed E-state index contributed by atoms with van der Waals surface area (Å²) in [4.78, 5) is 11.4. The van der Waals surface area contributed by atoms with Gasteiger partial charge in [-0.15, -0.1) is 0 Å². The molecule has 1 aromatic heterocycles. The van der Waals surface area contributed by atoms with E-state index in [0.717, 1.165) is 6.07 Å². The zero-order chi connectivity index (χ0) is 16.3. The molecule has 1 heterocycles. The Morgan fingerprint density at radius 2 is 1.95 bits per heavy atom. The van der Waals surface area contributed by atoms with E-state index in [2.05, 4.69) is 10.2 Å². The fourth-order valence-corrected chi connectivity index (χ4v) is 1.92. The largest absolute Gasteiger partial charge is 0.416 e. The molecule has 7 heteroatoms. The lowest BCUT2D eigenvalue weighted by atomic mass is 10.0. The Kier molecular flexibility index (Phi) is 4.13. The van der Waals surface area contributed by atoms with E-state index in [1.54, 1.807) is 6.07 Å². The van der Waals surface area contributed by atoms with Crippen molar-refractivity contribution in [1.82, 2.24) is 10.2 Å². The molecular weight excluding hydrogens is 295 g/mol. The first kappa shape index (κ1) is 15.5. The maximum absolute atomic E-state index is 12.9. The summed E-state index contributed by atoms with van der Waals surface area (Å²) in [5, 5.41) is 14.8. The van der Waals surface area contributed by atoms with E-state index in [0.29, 0.717) is 5.56 Å². The van der Waals surface area contributed by atoms with Crippen LogP contribution in [0, 0.1) is 18.3 Å². The van der Waals surface area contributed by atoms with Crippen LogP contribution in [-0.2, 0) is 6.18 Å². The zero-order valence-electron chi connectivity index (χ0n) is 11.4. The Morgan fingerprint density at radius 1 is 1.27 bits per heavy atom. The van der Waals surface area contributed by atoms with Crippen LogP contribution >= 0.6 is 0 Å². The summed E-state index contributed by atoms with van der Waals surface area (Å²) in [6, 6.07) is 6.84. The minimum Gasteiger partial charge on any atom is -0.267 e. The van der Waals surface area contributed by atoms with Crippen molar-refractivity contribution in [2.45, 2.75) is 13.1 Å². The van der Waals surface area contributed by atoms with Crippen molar-refractivity contribution in [3.8, 4) is 6.07 Å². The van der Waals surface area contributed by atoms with Crippen LogP contribution in [0.15, 0.2) is 29.1 Å². The lowest BCUT2D eigenvalue weighted by Crippen LogP contribution is -2.15. The number of hydrogen-bond donors (Lipinski definition) is 1. The summed E-state index contributed by atoms with van der Waals surface area (Å²) in [6.45, 7) is 1.51. The van der Waals surface area contributed by atoms with Crippen LogP contribution in [0.5, 0.6) is 0 Å². The number of rotatable bonds is 2. The molecule has 0 aliphatic heterocycles. The van der Waals surface area contributed by atoms with Gasteiger partial charge in [0.15, 0.2) is 0 Å². The molecule has 1 N–H and O–H groups in total. The van der Waals surface area contributed by atoms with Crippen LogP contribution in [0.2, 0.25) is 0 Å². The molecule has 0 unspecified atom stereocenters. The monoisotopic (exact) mass is 305 g/mol. The van der Waals surface area contributed by atoms with Crippen LogP contribution in [0.25, 0.3) is 12.2 Å². The van der Waals surface area contributed by atoms with Gasteiger partial charge in [-0.3, -0.25) is 4.79 Å². The third-order valence-electron chi connectivity index (χ3n) is 3.06. The second kappa shape index (κ2) is 5.85. The van der Waals surface area contributed by atoms with Crippen LogP contribution in [0.3, 0.4) is 0 Å². The molecule has 0 saturated heterocycles. The molecule has 0 aliphatic carbocycles. The van der Waals surface area contributed by atoms with Gasteiger partial charge in [0.2, 0.25) is 0 Å². The van der Waals surface area contributed by atoms with Crippen LogP contribution in [0.4, 0.5) is 13.2 Å². The average Bonchev–Trinajstić information content (AvgIpc) is 2.46. The first-order valence-electron chi connectivity index (χ1n) is 6.18. The Morgan fingerprint density at radius 3 is 2.59 bits per heavy atom. The van der Waals surface area contributed by atoms with Crippen LogP contribution < -0.4 is 5.56 Å². The maximum atomic E-state index is 12.9. The third-order valence-corrected chi connectivity index (χ3v) is 3.06. The Balaban J connectivity index is 2.48. The Hall–Kier alpha value is -2.88. The van der Waals surface area contributed by atoms with Gasteiger partial charge in [0.25, 0.3) is 5.56 Å². The van der Waals surface area contributed by atoms with Crippen molar-refractivity contribution in [3.05, 3.63) is 62.6 Å². The quantitative estimate of drug-likeness (QED) is 0.926. The van der Waals surface area contributed by atoms with Crippen LogP contribution in [0.1, 0.15) is 27.9 Å². The second-order valence-corrected chi connectivity index (χ2v) is 4.47. The minimum absolute atomic E-state index is 0.0269. The second-order valence-electron chi connectivity index (χ2n) is 4.47. The van der Waals surface area contributed by atoms with E-state index < -0.39 is 17.3 Å². The molecular formula is C15H10F3N3O. The van der Waals surface area contributed by atoms with Crippen molar-refractivity contribution in [1.29, 1.82) is 5.26 Å². The first-order valence-corrected chi connectivity index (χ1v) is 6.18. The molecule has 0 aliphatic rings. The molecule has 22 heavy (non-hydrogen) atoms. The van der Waals surface area contributed by atoms with Gasteiger partial charge in [0.1, 0.15) is 11.6 Å². The van der Waals surface area contributed by atoms with E-state index in [-0.39, 0.29) is 16.8 Å². The molecule has 2 aromatic rings. The maximum Gasteiger partial charge on any atom is 0.416 e. The number of alkyl halides is 3. The fraction of sp³-hybridized carbons (Fsp3) is 0.133. The number of nitrogens with one attached hydrogen (secondary N) is 1. The van der Waals surface area contributed by atoms with E-state index in [9.17, 15) is 18.0 Å². The molecule has 0 atom stereocenters. The predicted octanol–water partition coefficient (Wildman–Crippen LogP) is 3.14. The van der Waals surface area contributed by atoms with Crippen LogP contribution in [-0.4, -0.2) is 10.2 Å². The summed E-state index contributed by atoms with van der Waals surface area (Å²) in [5.41, 5.74) is -0.999. The van der Waals surface area contributed by atoms with Crippen molar-refractivity contribution in [2.24, 2.45) is 0 Å². The van der Waals surface area contributed by atoms with Gasteiger partial charge in [-0.05, 0) is 30.2 Å². The van der Waals surface area contributed by atoms with E-state index in [1.807, 2.05) is 0 Å². The van der Waals surface area contributed by atoms with Gasteiger partial charge in [-0.25, -0.2) is 5.10 Å². The van der Waals surface area contributed by atoms with Crippen molar-refractivity contribution >= 4 is 12.2 Å². The molecule has 1 aromatic carbocycles. The highest BCUT2D eigenvalue weighted by atomic mass is 19.4.